The molecule has 3 nitrogen and oxygen atoms in total. The predicted molar refractivity (Wildman–Crippen MR) is 85.5 cm³/mol. The summed E-state index contributed by atoms with van der Waals surface area (Å²) in [6, 6.07) is 0. The number of hydrogen-bond acceptors (Lipinski definition) is 3. The lowest BCUT2D eigenvalue weighted by Crippen LogP contribution is -2.55. The maximum atomic E-state index is 11.8. The molecule has 1 fully saturated rings. The van der Waals surface area contributed by atoms with E-state index in [0.29, 0.717) is 0 Å². The molecule has 3 atom stereocenters. The largest absolute Gasteiger partial charge is 0.413 e. The summed E-state index contributed by atoms with van der Waals surface area (Å²) in [5, 5.41) is 0.181. The lowest BCUT2D eigenvalue weighted by molar-refractivity contribution is -0.178. The van der Waals surface area contributed by atoms with E-state index in [1.807, 2.05) is 0 Å². The molecule has 0 amide bonds. The number of ketones is 1. The van der Waals surface area contributed by atoms with E-state index in [4.69, 9.17) is 9.16 Å². The number of ether oxygens (including phenoxy) is 1. The second kappa shape index (κ2) is 5.54. The van der Waals surface area contributed by atoms with Crippen molar-refractivity contribution in [2.75, 3.05) is 0 Å². The van der Waals surface area contributed by atoms with Gasteiger partial charge in [0.15, 0.2) is 14.1 Å². The van der Waals surface area contributed by atoms with Crippen LogP contribution in [-0.4, -0.2) is 31.9 Å². The molecule has 0 bridgehead atoms. The Morgan fingerprint density at radius 1 is 1.30 bits per heavy atom. The van der Waals surface area contributed by atoms with Crippen molar-refractivity contribution in [1.29, 1.82) is 0 Å². The van der Waals surface area contributed by atoms with Crippen molar-refractivity contribution in [2.24, 2.45) is 5.92 Å². The molecule has 20 heavy (non-hydrogen) atoms. The zero-order valence-corrected chi connectivity index (χ0v) is 15.7. The number of rotatable bonds is 3. The maximum Gasteiger partial charge on any atom is 0.192 e. The Kier molecular flexibility index (Phi) is 4.95. The fourth-order valence-corrected chi connectivity index (χ4v) is 3.93. The summed E-state index contributed by atoms with van der Waals surface area (Å²) in [6.07, 6.45) is 0.617. The highest BCUT2D eigenvalue weighted by atomic mass is 28.4. The van der Waals surface area contributed by atoms with Crippen LogP contribution in [0.1, 0.15) is 54.9 Å². The quantitative estimate of drug-likeness (QED) is 0.734. The van der Waals surface area contributed by atoms with Crippen molar-refractivity contribution in [1.82, 2.24) is 0 Å². The molecule has 1 saturated heterocycles. The predicted octanol–water partition coefficient (Wildman–Crippen LogP) is 4.17. The Balaban J connectivity index is 2.96. The normalized spacial score (nSPS) is 31.1. The summed E-state index contributed by atoms with van der Waals surface area (Å²) in [4.78, 5) is 11.8. The monoisotopic (exact) mass is 300 g/mol. The van der Waals surface area contributed by atoms with Gasteiger partial charge in [0.2, 0.25) is 0 Å². The third-order valence-corrected chi connectivity index (χ3v) is 9.36. The van der Waals surface area contributed by atoms with Gasteiger partial charge in [-0.2, -0.15) is 0 Å². The van der Waals surface area contributed by atoms with Crippen LogP contribution < -0.4 is 0 Å². The SMILES string of the molecule is CC(=O)[C@@H]1OC(C)(C)C[C@H](O[Si](C)(C)C(C)(C)C)[C@@H]1C. The molecule has 1 aliphatic rings. The molecule has 0 unspecified atom stereocenters. The van der Waals surface area contributed by atoms with Crippen LogP contribution in [0.25, 0.3) is 0 Å². The lowest BCUT2D eigenvalue weighted by atomic mass is 9.84. The summed E-state index contributed by atoms with van der Waals surface area (Å²) in [5.41, 5.74) is -0.296. The van der Waals surface area contributed by atoms with Gasteiger partial charge in [0.05, 0.1) is 11.7 Å². The first kappa shape index (κ1) is 17.9. The molecule has 4 heteroatoms. The summed E-state index contributed by atoms with van der Waals surface area (Å²) in [6.45, 7) is 19.1. The van der Waals surface area contributed by atoms with Gasteiger partial charge < -0.3 is 9.16 Å². The van der Waals surface area contributed by atoms with E-state index in [2.05, 4.69) is 54.6 Å². The van der Waals surface area contributed by atoms with Gasteiger partial charge in [-0.15, -0.1) is 0 Å². The fourth-order valence-electron chi connectivity index (χ4n) is 2.52. The number of hydrogen-bond donors (Lipinski definition) is 0. The van der Waals surface area contributed by atoms with Crippen molar-refractivity contribution in [3.63, 3.8) is 0 Å². The highest BCUT2D eigenvalue weighted by Crippen LogP contribution is 2.42. The molecule has 1 heterocycles. The van der Waals surface area contributed by atoms with E-state index >= 15 is 0 Å². The molecule has 1 aliphatic heterocycles. The van der Waals surface area contributed by atoms with Gasteiger partial charge in [-0.3, -0.25) is 4.79 Å². The molecule has 0 radical (unpaired) electrons. The summed E-state index contributed by atoms with van der Waals surface area (Å²) in [5.74, 6) is 0.226. The van der Waals surface area contributed by atoms with Gasteiger partial charge in [-0.25, -0.2) is 0 Å². The molecular formula is C16H32O3Si. The van der Waals surface area contributed by atoms with Gasteiger partial charge in [-0.1, -0.05) is 27.7 Å². The van der Waals surface area contributed by atoms with Crippen LogP contribution in [0.2, 0.25) is 18.1 Å². The van der Waals surface area contributed by atoms with Gasteiger partial charge in [-0.05, 0) is 38.9 Å². The topological polar surface area (TPSA) is 35.5 Å². The fraction of sp³-hybridized carbons (Fsp3) is 0.938. The van der Waals surface area contributed by atoms with Crippen molar-refractivity contribution in [3.05, 3.63) is 0 Å². The highest BCUT2D eigenvalue weighted by molar-refractivity contribution is 6.74. The average Bonchev–Trinajstić information content (AvgIpc) is 2.20. The molecular weight excluding hydrogens is 268 g/mol. The third kappa shape index (κ3) is 3.92. The van der Waals surface area contributed by atoms with Crippen LogP contribution >= 0.6 is 0 Å². The third-order valence-electron chi connectivity index (χ3n) is 4.86. The number of carbonyl (C=O) groups is 1. The minimum absolute atomic E-state index is 0.105. The van der Waals surface area contributed by atoms with Crippen LogP contribution in [0.4, 0.5) is 0 Å². The molecule has 0 aromatic carbocycles. The van der Waals surface area contributed by atoms with Gasteiger partial charge in [0, 0.05) is 12.3 Å². The summed E-state index contributed by atoms with van der Waals surface area (Å²) < 4.78 is 12.5. The average molecular weight is 301 g/mol. The van der Waals surface area contributed by atoms with Crippen LogP contribution in [0.3, 0.4) is 0 Å². The molecule has 0 aromatic rings. The molecule has 0 spiro atoms. The van der Waals surface area contributed by atoms with Crippen molar-refractivity contribution >= 4 is 14.1 Å². The molecule has 1 rings (SSSR count). The molecule has 0 aliphatic carbocycles. The van der Waals surface area contributed by atoms with Crippen molar-refractivity contribution < 1.29 is 14.0 Å². The van der Waals surface area contributed by atoms with E-state index in [0.717, 1.165) is 6.42 Å². The van der Waals surface area contributed by atoms with Crippen LogP contribution in [0.15, 0.2) is 0 Å². The molecule has 0 saturated carbocycles. The van der Waals surface area contributed by atoms with E-state index in [1.165, 1.54) is 0 Å². The van der Waals surface area contributed by atoms with Gasteiger partial charge in [0.1, 0.15) is 6.10 Å². The zero-order chi connectivity index (χ0) is 15.9. The Labute approximate surface area is 125 Å². The summed E-state index contributed by atoms with van der Waals surface area (Å²) in [7, 11) is -1.83. The second-order valence-electron chi connectivity index (χ2n) is 8.39. The minimum Gasteiger partial charge on any atom is -0.413 e. The molecule has 118 valence electrons. The first-order valence-corrected chi connectivity index (χ1v) is 10.5. The number of Topliss-reactive ketones (excluding diaryl/α,β-unsaturated/α-hetero) is 1. The van der Waals surface area contributed by atoms with Crippen LogP contribution in [0.5, 0.6) is 0 Å². The smallest absolute Gasteiger partial charge is 0.192 e. The Bertz CT molecular complexity index is 368. The minimum atomic E-state index is -1.83. The highest BCUT2D eigenvalue weighted by Gasteiger charge is 2.47. The summed E-state index contributed by atoms with van der Waals surface area (Å²) >= 11 is 0. The van der Waals surface area contributed by atoms with Gasteiger partial charge in [0.25, 0.3) is 0 Å². The van der Waals surface area contributed by atoms with E-state index < -0.39 is 8.32 Å². The van der Waals surface area contributed by atoms with Crippen molar-refractivity contribution in [3.8, 4) is 0 Å². The Morgan fingerprint density at radius 2 is 1.80 bits per heavy atom. The second-order valence-corrected chi connectivity index (χ2v) is 13.1. The molecule has 0 aromatic heterocycles. The van der Waals surface area contributed by atoms with Crippen molar-refractivity contribution in [2.45, 2.75) is 90.8 Å². The van der Waals surface area contributed by atoms with Crippen LogP contribution in [-0.2, 0) is 14.0 Å². The first-order valence-electron chi connectivity index (χ1n) is 7.63. The van der Waals surface area contributed by atoms with Crippen LogP contribution in [0, 0.1) is 5.92 Å². The zero-order valence-electron chi connectivity index (χ0n) is 14.7. The first-order chi connectivity index (χ1) is 8.77. The Morgan fingerprint density at radius 3 is 2.20 bits per heavy atom. The maximum absolute atomic E-state index is 11.8. The van der Waals surface area contributed by atoms with E-state index in [-0.39, 0.29) is 34.5 Å². The Hall–Kier alpha value is -0.193. The standard InChI is InChI=1S/C16H32O3Si/c1-11-13(19-20(8,9)15(3,4)5)10-16(6,7)18-14(11)12(2)17/h11,13-14H,10H2,1-9H3/t11-,13-,14+/m0/s1. The number of carbonyl (C=O) groups excluding carboxylic acids is 1. The van der Waals surface area contributed by atoms with E-state index in [9.17, 15) is 4.79 Å². The van der Waals surface area contributed by atoms with Gasteiger partial charge >= 0.3 is 0 Å². The van der Waals surface area contributed by atoms with E-state index in [1.54, 1.807) is 6.92 Å². The molecule has 0 N–H and O–H groups in total. The lowest BCUT2D eigenvalue weighted by Gasteiger charge is -2.48.